The second-order valence-electron chi connectivity index (χ2n) is 4.94. The molecule has 0 unspecified atom stereocenters. The van der Waals surface area contributed by atoms with Gasteiger partial charge in [-0.15, -0.1) is 0 Å². The van der Waals surface area contributed by atoms with E-state index >= 15 is 0 Å². The van der Waals surface area contributed by atoms with Crippen LogP contribution < -0.4 is 5.32 Å². The largest absolute Gasteiger partial charge is 0.508 e. The first-order valence-electron chi connectivity index (χ1n) is 6.70. The SMILES string of the molecule is Cc1cccc(CCNC(=O)c2cccc(O)c2C)c1. The van der Waals surface area contributed by atoms with Crippen molar-refractivity contribution in [1.82, 2.24) is 5.32 Å². The molecule has 0 bridgehead atoms. The Labute approximate surface area is 119 Å². The first-order valence-corrected chi connectivity index (χ1v) is 6.70. The molecular formula is C17H19NO2. The quantitative estimate of drug-likeness (QED) is 0.896. The third-order valence-electron chi connectivity index (χ3n) is 3.33. The van der Waals surface area contributed by atoms with E-state index in [4.69, 9.17) is 0 Å². The molecule has 0 radical (unpaired) electrons. The van der Waals surface area contributed by atoms with Crippen LogP contribution in [-0.4, -0.2) is 17.6 Å². The molecule has 0 atom stereocenters. The Hall–Kier alpha value is -2.29. The van der Waals surface area contributed by atoms with Crippen molar-refractivity contribution in [2.24, 2.45) is 0 Å². The van der Waals surface area contributed by atoms with Crippen molar-refractivity contribution < 1.29 is 9.90 Å². The molecule has 2 rings (SSSR count). The standard InChI is InChI=1S/C17H19NO2/c1-12-5-3-6-14(11-12)9-10-18-17(20)15-7-4-8-16(19)13(15)2/h3-8,11,19H,9-10H2,1-2H3,(H,18,20). The average Bonchev–Trinajstić information content (AvgIpc) is 2.42. The van der Waals surface area contributed by atoms with Crippen molar-refractivity contribution in [1.29, 1.82) is 0 Å². The Balaban J connectivity index is 1.94. The van der Waals surface area contributed by atoms with E-state index in [0.29, 0.717) is 17.7 Å². The molecule has 3 nitrogen and oxygen atoms in total. The normalized spacial score (nSPS) is 10.3. The van der Waals surface area contributed by atoms with Crippen LogP contribution in [0.15, 0.2) is 42.5 Å². The molecule has 0 heterocycles. The average molecular weight is 269 g/mol. The number of hydrogen-bond donors (Lipinski definition) is 2. The van der Waals surface area contributed by atoms with Crippen molar-refractivity contribution in [2.75, 3.05) is 6.54 Å². The van der Waals surface area contributed by atoms with Crippen LogP contribution in [0.2, 0.25) is 0 Å². The fourth-order valence-corrected chi connectivity index (χ4v) is 2.15. The van der Waals surface area contributed by atoms with Gasteiger partial charge in [-0.2, -0.15) is 0 Å². The molecule has 0 aliphatic rings. The summed E-state index contributed by atoms with van der Waals surface area (Å²) in [5.74, 6) is 0.00221. The minimum absolute atomic E-state index is 0.147. The Morgan fingerprint density at radius 3 is 2.65 bits per heavy atom. The zero-order valence-electron chi connectivity index (χ0n) is 11.8. The van der Waals surface area contributed by atoms with E-state index in [1.54, 1.807) is 25.1 Å². The Morgan fingerprint density at radius 2 is 1.90 bits per heavy atom. The van der Waals surface area contributed by atoms with Gasteiger partial charge in [0, 0.05) is 17.7 Å². The van der Waals surface area contributed by atoms with E-state index < -0.39 is 0 Å². The number of carbonyl (C=O) groups excluding carboxylic acids is 1. The molecule has 0 aliphatic carbocycles. The molecule has 0 saturated heterocycles. The second-order valence-corrected chi connectivity index (χ2v) is 4.94. The highest BCUT2D eigenvalue weighted by Gasteiger charge is 2.10. The fraction of sp³-hybridized carbons (Fsp3) is 0.235. The molecule has 3 heteroatoms. The molecular weight excluding hydrogens is 250 g/mol. The van der Waals surface area contributed by atoms with Crippen molar-refractivity contribution in [3.63, 3.8) is 0 Å². The maximum Gasteiger partial charge on any atom is 0.251 e. The summed E-state index contributed by atoms with van der Waals surface area (Å²) in [6.07, 6.45) is 0.797. The van der Waals surface area contributed by atoms with Crippen LogP contribution >= 0.6 is 0 Å². The molecule has 2 N–H and O–H groups in total. The van der Waals surface area contributed by atoms with Crippen LogP contribution in [0, 0.1) is 13.8 Å². The van der Waals surface area contributed by atoms with Crippen molar-refractivity contribution in [3.8, 4) is 5.75 Å². The lowest BCUT2D eigenvalue weighted by molar-refractivity contribution is 0.0953. The lowest BCUT2D eigenvalue weighted by atomic mass is 10.1. The Kier molecular flexibility index (Phi) is 4.41. The molecule has 0 aliphatic heterocycles. The van der Waals surface area contributed by atoms with Crippen molar-refractivity contribution >= 4 is 5.91 Å². The predicted molar refractivity (Wildman–Crippen MR) is 80.1 cm³/mol. The number of amides is 1. The second kappa shape index (κ2) is 6.24. The van der Waals surface area contributed by atoms with Gasteiger partial charge >= 0.3 is 0 Å². The summed E-state index contributed by atoms with van der Waals surface area (Å²) in [7, 11) is 0. The lowest BCUT2D eigenvalue weighted by Gasteiger charge is -2.09. The van der Waals surface area contributed by atoms with Gasteiger partial charge in [-0.05, 0) is 38.0 Å². The third kappa shape index (κ3) is 3.38. The summed E-state index contributed by atoms with van der Waals surface area (Å²) in [6, 6.07) is 13.2. The molecule has 104 valence electrons. The van der Waals surface area contributed by atoms with Crippen molar-refractivity contribution in [2.45, 2.75) is 20.3 Å². The molecule has 2 aromatic carbocycles. The van der Waals surface area contributed by atoms with Gasteiger partial charge in [-0.25, -0.2) is 0 Å². The fourth-order valence-electron chi connectivity index (χ4n) is 2.15. The van der Waals surface area contributed by atoms with Gasteiger partial charge in [-0.1, -0.05) is 35.9 Å². The van der Waals surface area contributed by atoms with Gasteiger partial charge in [-0.3, -0.25) is 4.79 Å². The Morgan fingerprint density at radius 1 is 1.15 bits per heavy atom. The summed E-state index contributed by atoms with van der Waals surface area (Å²) in [4.78, 5) is 12.1. The van der Waals surface area contributed by atoms with Crippen LogP contribution in [0.3, 0.4) is 0 Å². The van der Waals surface area contributed by atoms with E-state index in [-0.39, 0.29) is 11.7 Å². The van der Waals surface area contributed by atoms with Gasteiger partial charge in [0.25, 0.3) is 5.91 Å². The maximum atomic E-state index is 12.1. The minimum atomic E-state index is -0.147. The number of nitrogens with one attached hydrogen (secondary N) is 1. The van der Waals surface area contributed by atoms with E-state index in [9.17, 15) is 9.90 Å². The van der Waals surface area contributed by atoms with Gasteiger partial charge < -0.3 is 10.4 Å². The number of aryl methyl sites for hydroxylation is 1. The van der Waals surface area contributed by atoms with Crippen LogP contribution in [0.4, 0.5) is 0 Å². The smallest absolute Gasteiger partial charge is 0.251 e. The summed E-state index contributed by atoms with van der Waals surface area (Å²) in [5.41, 5.74) is 3.56. The number of rotatable bonds is 4. The van der Waals surface area contributed by atoms with E-state index in [1.165, 1.54) is 11.1 Å². The summed E-state index contributed by atoms with van der Waals surface area (Å²) in [5, 5.41) is 12.5. The molecule has 0 spiro atoms. The summed E-state index contributed by atoms with van der Waals surface area (Å²) in [6.45, 7) is 4.38. The topological polar surface area (TPSA) is 49.3 Å². The summed E-state index contributed by atoms with van der Waals surface area (Å²) >= 11 is 0. The van der Waals surface area contributed by atoms with Gasteiger partial charge in [0.05, 0.1) is 0 Å². The van der Waals surface area contributed by atoms with E-state index in [0.717, 1.165) is 6.42 Å². The first-order chi connectivity index (χ1) is 9.58. The number of benzene rings is 2. The predicted octanol–water partition coefficient (Wildman–Crippen LogP) is 2.98. The Bertz CT molecular complexity index is 620. The van der Waals surface area contributed by atoms with E-state index in [2.05, 4.69) is 30.4 Å². The number of phenolic OH excluding ortho intramolecular Hbond substituents is 1. The van der Waals surface area contributed by atoms with E-state index in [1.807, 2.05) is 6.07 Å². The molecule has 20 heavy (non-hydrogen) atoms. The highest BCUT2D eigenvalue weighted by atomic mass is 16.3. The highest BCUT2D eigenvalue weighted by molar-refractivity contribution is 5.96. The number of carbonyl (C=O) groups is 1. The zero-order valence-corrected chi connectivity index (χ0v) is 11.8. The van der Waals surface area contributed by atoms with Crippen LogP contribution in [0.1, 0.15) is 27.0 Å². The zero-order chi connectivity index (χ0) is 14.5. The highest BCUT2D eigenvalue weighted by Crippen LogP contribution is 2.19. The molecule has 2 aromatic rings. The molecule has 0 saturated carbocycles. The summed E-state index contributed by atoms with van der Waals surface area (Å²) < 4.78 is 0. The van der Waals surface area contributed by atoms with Crippen molar-refractivity contribution in [3.05, 3.63) is 64.7 Å². The number of aromatic hydroxyl groups is 1. The molecule has 0 aromatic heterocycles. The number of phenols is 1. The maximum absolute atomic E-state index is 12.1. The number of hydrogen-bond acceptors (Lipinski definition) is 2. The first kappa shape index (κ1) is 14.1. The monoisotopic (exact) mass is 269 g/mol. The molecule has 0 fully saturated rings. The van der Waals surface area contributed by atoms with Crippen LogP contribution in [-0.2, 0) is 6.42 Å². The van der Waals surface area contributed by atoms with Gasteiger partial charge in [0.1, 0.15) is 5.75 Å². The molecule has 1 amide bonds. The van der Waals surface area contributed by atoms with Crippen LogP contribution in [0.5, 0.6) is 5.75 Å². The van der Waals surface area contributed by atoms with Gasteiger partial charge in [0.2, 0.25) is 0 Å². The lowest BCUT2D eigenvalue weighted by Crippen LogP contribution is -2.26. The minimum Gasteiger partial charge on any atom is -0.508 e. The van der Waals surface area contributed by atoms with Crippen LogP contribution in [0.25, 0.3) is 0 Å². The third-order valence-corrected chi connectivity index (χ3v) is 3.33. The van der Waals surface area contributed by atoms with Gasteiger partial charge in [0.15, 0.2) is 0 Å².